The summed E-state index contributed by atoms with van der Waals surface area (Å²) in [5.41, 5.74) is 6.45. The zero-order valence-electron chi connectivity index (χ0n) is 12.4. The molecule has 0 aliphatic heterocycles. The van der Waals surface area contributed by atoms with E-state index in [9.17, 15) is 9.59 Å². The van der Waals surface area contributed by atoms with E-state index in [-0.39, 0.29) is 11.9 Å². The van der Waals surface area contributed by atoms with Crippen molar-refractivity contribution in [2.75, 3.05) is 5.32 Å². The number of benzene rings is 1. The maximum Gasteiger partial charge on any atom is 0.248 e. The number of carbonyl (C=O) groups excluding carboxylic acids is 2. The van der Waals surface area contributed by atoms with E-state index in [1.165, 1.54) is 19.3 Å². The van der Waals surface area contributed by atoms with E-state index in [2.05, 4.69) is 10.6 Å². The van der Waals surface area contributed by atoms with E-state index < -0.39 is 5.91 Å². The third-order valence-electron chi connectivity index (χ3n) is 3.90. The predicted molar refractivity (Wildman–Crippen MR) is 83.1 cm³/mol. The van der Waals surface area contributed by atoms with Crippen LogP contribution >= 0.6 is 0 Å². The number of amides is 2. The fourth-order valence-corrected chi connectivity index (χ4v) is 2.62. The van der Waals surface area contributed by atoms with Crippen LogP contribution < -0.4 is 16.4 Å². The highest BCUT2D eigenvalue weighted by Gasteiger charge is 2.19. The Kier molecular flexibility index (Phi) is 5.20. The number of anilines is 1. The Morgan fingerprint density at radius 1 is 1.14 bits per heavy atom. The SMILES string of the molecule is CC(Nc1ccc(C(N)=O)cc1)C(=O)NC1CCCCC1. The van der Waals surface area contributed by atoms with Gasteiger partial charge in [0.2, 0.25) is 11.8 Å². The van der Waals surface area contributed by atoms with Crippen LogP contribution in [0.2, 0.25) is 0 Å². The lowest BCUT2D eigenvalue weighted by atomic mass is 9.95. The molecule has 1 fully saturated rings. The number of carbonyl (C=O) groups is 2. The number of rotatable bonds is 5. The molecule has 1 aromatic rings. The van der Waals surface area contributed by atoms with Gasteiger partial charge in [0.1, 0.15) is 6.04 Å². The Balaban J connectivity index is 1.86. The third kappa shape index (κ3) is 4.48. The lowest BCUT2D eigenvalue weighted by molar-refractivity contribution is -0.122. The van der Waals surface area contributed by atoms with E-state index in [0.717, 1.165) is 18.5 Å². The molecule has 114 valence electrons. The van der Waals surface area contributed by atoms with Gasteiger partial charge in [-0.3, -0.25) is 9.59 Å². The lowest BCUT2D eigenvalue weighted by Crippen LogP contribution is -2.44. The highest BCUT2D eigenvalue weighted by atomic mass is 16.2. The van der Waals surface area contributed by atoms with E-state index >= 15 is 0 Å². The first-order chi connectivity index (χ1) is 10.1. The minimum Gasteiger partial charge on any atom is -0.374 e. The first kappa shape index (κ1) is 15.4. The molecule has 1 atom stereocenters. The van der Waals surface area contributed by atoms with Crippen molar-refractivity contribution < 1.29 is 9.59 Å². The van der Waals surface area contributed by atoms with E-state index in [4.69, 9.17) is 5.73 Å². The smallest absolute Gasteiger partial charge is 0.248 e. The second-order valence-corrected chi connectivity index (χ2v) is 5.65. The van der Waals surface area contributed by atoms with Gasteiger partial charge in [-0.05, 0) is 44.0 Å². The van der Waals surface area contributed by atoms with Crippen LogP contribution in [0.15, 0.2) is 24.3 Å². The standard InChI is InChI=1S/C16H23N3O2/c1-11(16(21)19-13-5-3-2-4-6-13)18-14-9-7-12(8-10-14)15(17)20/h7-11,13,18H,2-6H2,1H3,(H2,17,20)(H,19,21). The summed E-state index contributed by atoms with van der Waals surface area (Å²) in [6, 6.07) is 6.81. The largest absolute Gasteiger partial charge is 0.374 e. The Morgan fingerprint density at radius 3 is 2.33 bits per heavy atom. The summed E-state index contributed by atoms with van der Waals surface area (Å²) in [4.78, 5) is 23.1. The topological polar surface area (TPSA) is 84.2 Å². The van der Waals surface area contributed by atoms with Gasteiger partial charge in [-0.25, -0.2) is 0 Å². The summed E-state index contributed by atoms with van der Waals surface area (Å²) < 4.78 is 0. The molecule has 2 amide bonds. The summed E-state index contributed by atoms with van der Waals surface area (Å²) in [5.74, 6) is -0.439. The van der Waals surface area contributed by atoms with Crippen molar-refractivity contribution >= 4 is 17.5 Å². The van der Waals surface area contributed by atoms with Gasteiger partial charge in [0, 0.05) is 17.3 Å². The molecule has 1 aliphatic rings. The number of nitrogens with two attached hydrogens (primary N) is 1. The molecule has 0 heterocycles. The molecular weight excluding hydrogens is 266 g/mol. The second-order valence-electron chi connectivity index (χ2n) is 5.65. The van der Waals surface area contributed by atoms with Gasteiger partial charge in [0.15, 0.2) is 0 Å². The number of hydrogen-bond donors (Lipinski definition) is 3. The first-order valence-electron chi connectivity index (χ1n) is 7.53. The summed E-state index contributed by atoms with van der Waals surface area (Å²) in [6.45, 7) is 1.83. The Bertz CT molecular complexity index is 493. The summed E-state index contributed by atoms with van der Waals surface area (Å²) in [5, 5.41) is 6.23. The lowest BCUT2D eigenvalue weighted by Gasteiger charge is -2.25. The minimum atomic E-state index is -0.454. The third-order valence-corrected chi connectivity index (χ3v) is 3.90. The van der Waals surface area contributed by atoms with Crippen molar-refractivity contribution in [1.82, 2.24) is 5.32 Å². The van der Waals surface area contributed by atoms with Crippen molar-refractivity contribution in [3.63, 3.8) is 0 Å². The Labute approximate surface area is 125 Å². The fourth-order valence-electron chi connectivity index (χ4n) is 2.62. The quantitative estimate of drug-likeness (QED) is 0.775. The van der Waals surface area contributed by atoms with Crippen LogP contribution in [-0.2, 0) is 4.79 Å². The molecule has 4 N–H and O–H groups in total. The van der Waals surface area contributed by atoms with Crippen molar-refractivity contribution in [3.05, 3.63) is 29.8 Å². The zero-order chi connectivity index (χ0) is 15.2. The average Bonchev–Trinajstić information content (AvgIpc) is 2.48. The molecule has 0 aromatic heterocycles. The van der Waals surface area contributed by atoms with Gasteiger partial charge in [0.05, 0.1) is 0 Å². The van der Waals surface area contributed by atoms with E-state index in [0.29, 0.717) is 11.6 Å². The van der Waals surface area contributed by atoms with Gasteiger partial charge < -0.3 is 16.4 Å². The molecule has 2 rings (SSSR count). The van der Waals surface area contributed by atoms with Crippen molar-refractivity contribution in [3.8, 4) is 0 Å². The van der Waals surface area contributed by atoms with E-state index in [1.54, 1.807) is 24.3 Å². The van der Waals surface area contributed by atoms with Gasteiger partial charge in [-0.1, -0.05) is 19.3 Å². The van der Waals surface area contributed by atoms with Crippen LogP contribution in [0.5, 0.6) is 0 Å². The number of primary amides is 1. The molecule has 21 heavy (non-hydrogen) atoms. The second kappa shape index (κ2) is 7.11. The summed E-state index contributed by atoms with van der Waals surface area (Å²) in [7, 11) is 0. The Morgan fingerprint density at radius 2 is 1.76 bits per heavy atom. The highest BCUT2D eigenvalue weighted by molar-refractivity contribution is 5.93. The average molecular weight is 289 g/mol. The molecule has 0 spiro atoms. The number of nitrogens with one attached hydrogen (secondary N) is 2. The zero-order valence-corrected chi connectivity index (χ0v) is 12.4. The molecule has 1 saturated carbocycles. The van der Waals surface area contributed by atoms with Crippen LogP contribution in [0.3, 0.4) is 0 Å². The van der Waals surface area contributed by atoms with Gasteiger partial charge >= 0.3 is 0 Å². The molecule has 0 bridgehead atoms. The molecule has 5 nitrogen and oxygen atoms in total. The molecule has 1 unspecified atom stereocenters. The van der Waals surface area contributed by atoms with Gasteiger partial charge in [-0.2, -0.15) is 0 Å². The minimum absolute atomic E-state index is 0.0147. The molecule has 0 radical (unpaired) electrons. The molecule has 5 heteroatoms. The van der Waals surface area contributed by atoms with Crippen molar-refractivity contribution in [2.45, 2.75) is 51.1 Å². The van der Waals surface area contributed by atoms with Crippen LogP contribution in [0.1, 0.15) is 49.4 Å². The predicted octanol–water partition coefficient (Wildman–Crippen LogP) is 2.03. The van der Waals surface area contributed by atoms with Crippen LogP contribution in [0.4, 0.5) is 5.69 Å². The monoisotopic (exact) mass is 289 g/mol. The van der Waals surface area contributed by atoms with Gasteiger partial charge in [-0.15, -0.1) is 0 Å². The van der Waals surface area contributed by atoms with Crippen molar-refractivity contribution in [2.24, 2.45) is 5.73 Å². The van der Waals surface area contributed by atoms with Crippen LogP contribution in [0, 0.1) is 0 Å². The first-order valence-corrected chi connectivity index (χ1v) is 7.53. The molecule has 0 saturated heterocycles. The summed E-state index contributed by atoms with van der Waals surface area (Å²) in [6.07, 6.45) is 5.81. The van der Waals surface area contributed by atoms with Crippen LogP contribution in [-0.4, -0.2) is 23.9 Å². The Hall–Kier alpha value is -2.04. The molecule has 1 aliphatic carbocycles. The summed E-state index contributed by atoms with van der Waals surface area (Å²) >= 11 is 0. The van der Waals surface area contributed by atoms with Crippen LogP contribution in [0.25, 0.3) is 0 Å². The number of hydrogen-bond acceptors (Lipinski definition) is 3. The van der Waals surface area contributed by atoms with Crippen molar-refractivity contribution in [1.29, 1.82) is 0 Å². The highest BCUT2D eigenvalue weighted by Crippen LogP contribution is 2.17. The van der Waals surface area contributed by atoms with E-state index in [1.807, 2.05) is 6.92 Å². The maximum atomic E-state index is 12.1. The molecular formula is C16H23N3O2. The fraction of sp³-hybridized carbons (Fsp3) is 0.500. The normalized spacial score (nSPS) is 17.0. The van der Waals surface area contributed by atoms with Gasteiger partial charge in [0.25, 0.3) is 0 Å². The maximum absolute atomic E-state index is 12.1. The molecule has 1 aromatic carbocycles.